The minimum atomic E-state index is -0.845. The highest BCUT2D eigenvalue weighted by molar-refractivity contribution is 5.81. The maximum Gasteiger partial charge on any atom is 0.309 e. The number of carbonyl (C=O) groups is 2. The molecule has 2 rings (SSSR count). The molecule has 5 atom stereocenters. The molecule has 0 spiro atoms. The first-order valence-electron chi connectivity index (χ1n) is 11.2. The molecule has 0 aromatic carbocycles. The van der Waals surface area contributed by atoms with Gasteiger partial charge in [0.25, 0.3) is 0 Å². The third-order valence-electron chi connectivity index (χ3n) is 7.61. The van der Waals surface area contributed by atoms with Crippen LogP contribution in [0, 0.1) is 35.0 Å². The van der Waals surface area contributed by atoms with Crippen LogP contribution >= 0.6 is 0 Å². The summed E-state index contributed by atoms with van der Waals surface area (Å²) in [5.41, 5.74) is 0.342. The lowest BCUT2D eigenvalue weighted by Crippen LogP contribution is -2.41. The van der Waals surface area contributed by atoms with Crippen molar-refractivity contribution in [3.05, 3.63) is 0 Å². The summed E-state index contributed by atoms with van der Waals surface area (Å²) < 4.78 is 5.75. The molecular formula is C23H40O4. The molecule has 0 radical (unpaired) electrons. The van der Waals surface area contributed by atoms with Crippen LogP contribution in [0.5, 0.6) is 0 Å². The number of carboxylic acid groups (broad SMARTS) is 1. The van der Waals surface area contributed by atoms with Gasteiger partial charge in [-0.05, 0) is 55.3 Å². The van der Waals surface area contributed by atoms with E-state index in [2.05, 4.69) is 27.7 Å². The van der Waals surface area contributed by atoms with Gasteiger partial charge in [0.1, 0.15) is 0 Å². The Morgan fingerprint density at radius 1 is 1.07 bits per heavy atom. The van der Waals surface area contributed by atoms with Crippen LogP contribution in [0.2, 0.25) is 0 Å². The second-order valence-electron chi connectivity index (χ2n) is 9.70. The standard InChI is InChI=1S/C23H40O4/c1-5-6-7-10-18-16(2)23(3,4)14-13-17(18)15-27-22(26)20-12-9-8-11-19(20)21(24)25/h16-20H,5-15H2,1-4H3,(H,24,25). The van der Waals surface area contributed by atoms with Crippen molar-refractivity contribution in [2.75, 3.05) is 6.61 Å². The number of esters is 1. The fraction of sp³-hybridized carbons (Fsp3) is 0.913. The van der Waals surface area contributed by atoms with Gasteiger partial charge in [0, 0.05) is 0 Å². The molecule has 5 unspecified atom stereocenters. The van der Waals surface area contributed by atoms with Gasteiger partial charge in [0.2, 0.25) is 0 Å². The van der Waals surface area contributed by atoms with Crippen molar-refractivity contribution in [1.82, 2.24) is 0 Å². The molecule has 156 valence electrons. The van der Waals surface area contributed by atoms with Crippen molar-refractivity contribution >= 4 is 11.9 Å². The largest absolute Gasteiger partial charge is 0.481 e. The van der Waals surface area contributed by atoms with E-state index in [4.69, 9.17) is 4.74 Å². The zero-order valence-electron chi connectivity index (χ0n) is 17.8. The normalized spacial score (nSPS) is 33.4. The van der Waals surface area contributed by atoms with E-state index in [1.54, 1.807) is 0 Å². The van der Waals surface area contributed by atoms with Crippen molar-refractivity contribution < 1.29 is 19.4 Å². The van der Waals surface area contributed by atoms with Crippen molar-refractivity contribution in [3.63, 3.8) is 0 Å². The third kappa shape index (κ3) is 5.71. The average Bonchev–Trinajstić information content (AvgIpc) is 2.64. The Morgan fingerprint density at radius 2 is 1.74 bits per heavy atom. The number of unbranched alkanes of at least 4 members (excludes halogenated alkanes) is 2. The molecule has 0 amide bonds. The monoisotopic (exact) mass is 380 g/mol. The van der Waals surface area contributed by atoms with Crippen LogP contribution < -0.4 is 0 Å². The van der Waals surface area contributed by atoms with E-state index in [9.17, 15) is 14.7 Å². The van der Waals surface area contributed by atoms with Crippen LogP contribution in [0.1, 0.15) is 91.9 Å². The van der Waals surface area contributed by atoms with Crippen molar-refractivity contribution in [2.24, 2.45) is 35.0 Å². The predicted molar refractivity (Wildman–Crippen MR) is 107 cm³/mol. The summed E-state index contributed by atoms with van der Waals surface area (Å²) in [5, 5.41) is 9.42. The summed E-state index contributed by atoms with van der Waals surface area (Å²) in [6.45, 7) is 9.81. The number of ether oxygens (including phenoxy) is 1. The lowest BCUT2D eigenvalue weighted by atomic mass is 9.59. The van der Waals surface area contributed by atoms with Gasteiger partial charge in [-0.25, -0.2) is 0 Å². The van der Waals surface area contributed by atoms with Crippen LogP contribution in [0.3, 0.4) is 0 Å². The summed E-state index contributed by atoms with van der Waals surface area (Å²) >= 11 is 0. The molecule has 27 heavy (non-hydrogen) atoms. The molecule has 0 aromatic heterocycles. The van der Waals surface area contributed by atoms with E-state index in [1.165, 1.54) is 32.1 Å². The SMILES string of the molecule is CCCCCC1C(COC(=O)C2CCCCC2C(=O)O)CCC(C)(C)C1C. The average molecular weight is 381 g/mol. The van der Waals surface area contributed by atoms with Crippen molar-refractivity contribution in [3.8, 4) is 0 Å². The van der Waals surface area contributed by atoms with Gasteiger partial charge in [-0.15, -0.1) is 0 Å². The second kappa shape index (κ2) is 9.93. The van der Waals surface area contributed by atoms with Crippen molar-refractivity contribution in [2.45, 2.75) is 91.9 Å². The first kappa shape index (κ1) is 22.2. The van der Waals surface area contributed by atoms with E-state index in [0.29, 0.717) is 42.6 Å². The molecule has 4 nitrogen and oxygen atoms in total. The van der Waals surface area contributed by atoms with Crippen LogP contribution in [0.25, 0.3) is 0 Å². The topological polar surface area (TPSA) is 63.6 Å². The van der Waals surface area contributed by atoms with Crippen LogP contribution in [0.4, 0.5) is 0 Å². The van der Waals surface area contributed by atoms with Crippen LogP contribution in [-0.4, -0.2) is 23.7 Å². The molecular weight excluding hydrogens is 340 g/mol. The zero-order valence-corrected chi connectivity index (χ0v) is 17.8. The lowest BCUT2D eigenvalue weighted by Gasteiger charge is -2.47. The summed E-state index contributed by atoms with van der Waals surface area (Å²) in [6.07, 6.45) is 10.3. The summed E-state index contributed by atoms with van der Waals surface area (Å²) in [5.74, 6) is -0.499. The minimum Gasteiger partial charge on any atom is -0.481 e. The highest BCUT2D eigenvalue weighted by Gasteiger charge is 2.42. The van der Waals surface area contributed by atoms with Crippen molar-refractivity contribution in [1.29, 1.82) is 0 Å². The predicted octanol–water partition coefficient (Wildman–Crippen LogP) is 5.69. The van der Waals surface area contributed by atoms with Crippen LogP contribution in [0.15, 0.2) is 0 Å². The molecule has 2 saturated carbocycles. The highest BCUT2D eigenvalue weighted by Crippen LogP contribution is 2.48. The number of hydrogen-bond acceptors (Lipinski definition) is 3. The molecule has 0 saturated heterocycles. The molecule has 2 aliphatic carbocycles. The van der Waals surface area contributed by atoms with E-state index >= 15 is 0 Å². The molecule has 1 N–H and O–H groups in total. The Kier molecular flexibility index (Phi) is 8.18. The van der Waals surface area contributed by atoms with Gasteiger partial charge in [0.15, 0.2) is 0 Å². The number of carbonyl (C=O) groups excluding carboxylic acids is 1. The highest BCUT2D eigenvalue weighted by atomic mass is 16.5. The molecule has 0 aliphatic heterocycles. The fourth-order valence-electron chi connectivity index (χ4n) is 5.31. The Hall–Kier alpha value is -1.06. The molecule has 2 fully saturated rings. The molecule has 0 heterocycles. The summed E-state index contributed by atoms with van der Waals surface area (Å²) in [7, 11) is 0. The quantitative estimate of drug-likeness (QED) is 0.434. The van der Waals surface area contributed by atoms with E-state index in [0.717, 1.165) is 19.3 Å². The minimum absolute atomic E-state index is 0.271. The summed E-state index contributed by atoms with van der Waals surface area (Å²) in [4.78, 5) is 24.1. The van der Waals surface area contributed by atoms with E-state index in [-0.39, 0.29) is 5.97 Å². The lowest BCUT2D eigenvalue weighted by molar-refractivity contribution is -0.162. The van der Waals surface area contributed by atoms with Crippen LogP contribution in [-0.2, 0) is 14.3 Å². The second-order valence-corrected chi connectivity index (χ2v) is 9.70. The first-order chi connectivity index (χ1) is 12.8. The molecule has 0 aromatic rings. The number of carboxylic acids is 1. The Balaban J connectivity index is 1.96. The fourth-order valence-corrected chi connectivity index (χ4v) is 5.31. The van der Waals surface area contributed by atoms with Gasteiger partial charge in [-0.1, -0.05) is 59.8 Å². The van der Waals surface area contributed by atoms with Gasteiger partial charge in [0.05, 0.1) is 18.4 Å². The number of rotatable bonds is 8. The molecule has 4 heteroatoms. The third-order valence-corrected chi connectivity index (χ3v) is 7.61. The summed E-state index contributed by atoms with van der Waals surface area (Å²) in [6, 6.07) is 0. The van der Waals surface area contributed by atoms with Gasteiger partial charge in [-0.3, -0.25) is 9.59 Å². The first-order valence-corrected chi connectivity index (χ1v) is 11.2. The Labute approximate surface area is 165 Å². The number of hydrogen-bond donors (Lipinski definition) is 1. The Bertz CT molecular complexity index is 499. The number of aliphatic carboxylic acids is 1. The Morgan fingerprint density at radius 3 is 2.37 bits per heavy atom. The molecule has 2 aliphatic rings. The maximum absolute atomic E-state index is 12.6. The molecule has 0 bridgehead atoms. The van der Waals surface area contributed by atoms with Gasteiger partial charge >= 0.3 is 11.9 Å². The van der Waals surface area contributed by atoms with Gasteiger partial charge in [-0.2, -0.15) is 0 Å². The maximum atomic E-state index is 12.6. The van der Waals surface area contributed by atoms with E-state index < -0.39 is 17.8 Å². The zero-order chi connectivity index (χ0) is 20.0. The van der Waals surface area contributed by atoms with E-state index in [1.807, 2.05) is 0 Å². The van der Waals surface area contributed by atoms with Gasteiger partial charge < -0.3 is 9.84 Å². The smallest absolute Gasteiger partial charge is 0.309 e.